The highest BCUT2D eigenvalue weighted by Crippen LogP contribution is 1.51. The molecule has 2 N–H and O–H groups in total. The summed E-state index contributed by atoms with van der Waals surface area (Å²) in [5.74, 6) is 0.0324. The van der Waals surface area contributed by atoms with Crippen molar-refractivity contribution in [2.45, 2.75) is 6.92 Å². The van der Waals surface area contributed by atoms with Gasteiger partial charge in [-0.3, -0.25) is 4.79 Å². The number of rotatable bonds is 1. The van der Waals surface area contributed by atoms with Crippen LogP contribution in [-0.4, -0.2) is 12.3 Å². The molecule has 0 bridgehead atoms. The van der Waals surface area contributed by atoms with E-state index in [4.69, 9.17) is 5.73 Å². The zero-order chi connectivity index (χ0) is 4.28. The van der Waals surface area contributed by atoms with Crippen LogP contribution in [0.25, 0.3) is 0 Å². The largest absolute Gasteiger partial charge is 0.324 e. The Kier molecular flexibility index (Phi) is 21.3. The molecule has 0 aromatic rings. The molecular formula is C3H9Cl2NO. The number of carbonyl (C=O) groups excluding carboxylic acids is 1. The second kappa shape index (κ2) is 9.51. The summed E-state index contributed by atoms with van der Waals surface area (Å²) in [5, 5.41) is 0. The number of halogens is 2. The number of ketones is 1. The van der Waals surface area contributed by atoms with Gasteiger partial charge in [0.1, 0.15) is 5.78 Å². The van der Waals surface area contributed by atoms with E-state index in [1.54, 1.807) is 0 Å². The van der Waals surface area contributed by atoms with Gasteiger partial charge in [0.25, 0.3) is 0 Å². The van der Waals surface area contributed by atoms with Crippen molar-refractivity contribution in [3.8, 4) is 0 Å². The van der Waals surface area contributed by atoms with Gasteiger partial charge >= 0.3 is 0 Å². The predicted molar refractivity (Wildman–Crippen MR) is 34.2 cm³/mol. The molecule has 0 radical (unpaired) electrons. The molecule has 0 rings (SSSR count). The summed E-state index contributed by atoms with van der Waals surface area (Å²) >= 11 is 0. The molecule has 0 fully saturated rings. The van der Waals surface area contributed by atoms with Gasteiger partial charge in [-0.05, 0) is 6.92 Å². The normalized spacial score (nSPS) is 5.43. The van der Waals surface area contributed by atoms with Gasteiger partial charge in [0.05, 0.1) is 6.54 Å². The van der Waals surface area contributed by atoms with Crippen LogP contribution in [0.4, 0.5) is 0 Å². The highest BCUT2D eigenvalue weighted by Gasteiger charge is 1.76. The van der Waals surface area contributed by atoms with Crippen molar-refractivity contribution in [1.82, 2.24) is 0 Å². The van der Waals surface area contributed by atoms with Crippen LogP contribution < -0.4 is 5.73 Å². The van der Waals surface area contributed by atoms with Gasteiger partial charge in [0, 0.05) is 0 Å². The fourth-order valence-electron chi connectivity index (χ4n) is 0. The van der Waals surface area contributed by atoms with Gasteiger partial charge < -0.3 is 5.73 Å². The van der Waals surface area contributed by atoms with E-state index >= 15 is 0 Å². The summed E-state index contributed by atoms with van der Waals surface area (Å²) in [6.07, 6.45) is 0. The van der Waals surface area contributed by atoms with Gasteiger partial charge in [0.15, 0.2) is 0 Å². The topological polar surface area (TPSA) is 43.1 Å². The van der Waals surface area contributed by atoms with Crippen LogP contribution in [0.5, 0.6) is 0 Å². The summed E-state index contributed by atoms with van der Waals surface area (Å²) in [4.78, 5) is 9.69. The van der Waals surface area contributed by atoms with Crippen molar-refractivity contribution in [2.24, 2.45) is 5.73 Å². The molecule has 7 heavy (non-hydrogen) atoms. The van der Waals surface area contributed by atoms with E-state index in [1.165, 1.54) is 6.92 Å². The molecule has 0 aliphatic carbocycles. The Hall–Kier alpha value is 0.210. The van der Waals surface area contributed by atoms with E-state index in [0.29, 0.717) is 0 Å². The van der Waals surface area contributed by atoms with Gasteiger partial charge in [-0.2, -0.15) is 0 Å². The van der Waals surface area contributed by atoms with Crippen LogP contribution in [0.2, 0.25) is 0 Å². The van der Waals surface area contributed by atoms with Crippen molar-refractivity contribution in [3.63, 3.8) is 0 Å². The Morgan fingerprint density at radius 2 is 1.71 bits per heavy atom. The number of carbonyl (C=O) groups is 1. The Bertz CT molecular complexity index is 48.2. The van der Waals surface area contributed by atoms with Crippen LogP contribution in [0.3, 0.4) is 0 Å². The monoisotopic (exact) mass is 145 g/mol. The lowest BCUT2D eigenvalue weighted by Crippen LogP contribution is -2.07. The van der Waals surface area contributed by atoms with E-state index in [0.717, 1.165) is 0 Å². The number of nitrogens with two attached hydrogens (primary N) is 1. The highest BCUT2D eigenvalue weighted by atomic mass is 35.5. The molecule has 0 unspecified atom stereocenters. The summed E-state index contributed by atoms with van der Waals surface area (Å²) in [7, 11) is 0. The summed E-state index contributed by atoms with van der Waals surface area (Å²) in [6, 6.07) is 0. The number of hydrogen-bond acceptors (Lipinski definition) is 2. The Morgan fingerprint density at radius 1 is 1.57 bits per heavy atom. The van der Waals surface area contributed by atoms with Gasteiger partial charge in [0.2, 0.25) is 0 Å². The summed E-state index contributed by atoms with van der Waals surface area (Å²) in [5.41, 5.74) is 4.82. The first-order valence-electron chi connectivity index (χ1n) is 1.47. The SMILES string of the molecule is CC(=O)CN.Cl.Cl. The maximum Gasteiger partial charge on any atom is 0.143 e. The minimum Gasteiger partial charge on any atom is -0.324 e. The standard InChI is InChI=1S/C3H7NO.2ClH/c1-3(5)2-4;;/h2,4H2,1H3;2*1H. The van der Waals surface area contributed by atoms with Crippen molar-refractivity contribution in [3.05, 3.63) is 0 Å². The van der Waals surface area contributed by atoms with Crippen molar-refractivity contribution in [2.75, 3.05) is 6.54 Å². The molecule has 46 valence electrons. The molecule has 0 heterocycles. The molecule has 0 aliphatic rings. The average molecular weight is 146 g/mol. The highest BCUT2D eigenvalue weighted by molar-refractivity contribution is 5.85. The Labute approximate surface area is 55.3 Å². The molecule has 0 saturated carbocycles. The smallest absolute Gasteiger partial charge is 0.143 e. The van der Waals surface area contributed by atoms with Crippen molar-refractivity contribution < 1.29 is 4.79 Å². The first-order valence-corrected chi connectivity index (χ1v) is 1.47. The first-order chi connectivity index (χ1) is 2.27. The Morgan fingerprint density at radius 3 is 1.71 bits per heavy atom. The zero-order valence-corrected chi connectivity index (χ0v) is 5.64. The van der Waals surface area contributed by atoms with Crippen molar-refractivity contribution >= 4 is 30.6 Å². The fourth-order valence-corrected chi connectivity index (χ4v) is 0. The zero-order valence-electron chi connectivity index (χ0n) is 4.01. The molecule has 0 spiro atoms. The van der Waals surface area contributed by atoms with E-state index in [1.807, 2.05) is 0 Å². The number of hydrogen-bond donors (Lipinski definition) is 1. The lowest BCUT2D eigenvalue weighted by atomic mass is 10.5. The minimum atomic E-state index is 0. The molecule has 0 saturated heterocycles. The lowest BCUT2D eigenvalue weighted by Gasteiger charge is -1.73. The summed E-state index contributed by atoms with van der Waals surface area (Å²) < 4.78 is 0. The van der Waals surface area contributed by atoms with E-state index in [2.05, 4.69) is 0 Å². The van der Waals surface area contributed by atoms with Crippen LogP contribution >= 0.6 is 24.8 Å². The van der Waals surface area contributed by atoms with Gasteiger partial charge in [-0.1, -0.05) is 0 Å². The maximum atomic E-state index is 9.69. The second-order valence-electron chi connectivity index (χ2n) is 0.906. The van der Waals surface area contributed by atoms with Crippen molar-refractivity contribution in [1.29, 1.82) is 0 Å². The molecule has 0 amide bonds. The predicted octanol–water partition coefficient (Wildman–Crippen LogP) is 0.378. The Balaban J connectivity index is -0.0000000800. The minimum absolute atomic E-state index is 0. The molecular weight excluding hydrogens is 137 g/mol. The maximum absolute atomic E-state index is 9.69. The average Bonchev–Trinajstić information content (AvgIpc) is 1.38. The second-order valence-corrected chi connectivity index (χ2v) is 0.906. The van der Waals surface area contributed by atoms with E-state index in [9.17, 15) is 4.79 Å². The summed E-state index contributed by atoms with van der Waals surface area (Å²) in [6.45, 7) is 1.62. The lowest BCUT2D eigenvalue weighted by molar-refractivity contribution is -0.115. The third kappa shape index (κ3) is 22.5. The van der Waals surface area contributed by atoms with Crippen LogP contribution in [0, 0.1) is 0 Å². The fraction of sp³-hybridized carbons (Fsp3) is 0.667. The van der Waals surface area contributed by atoms with Crippen LogP contribution in [0.1, 0.15) is 6.92 Å². The third-order valence-electron chi connectivity index (χ3n) is 0.287. The molecule has 0 atom stereocenters. The van der Waals surface area contributed by atoms with Gasteiger partial charge in [-0.25, -0.2) is 0 Å². The first kappa shape index (κ1) is 15.7. The van der Waals surface area contributed by atoms with E-state index < -0.39 is 0 Å². The van der Waals surface area contributed by atoms with Gasteiger partial charge in [-0.15, -0.1) is 24.8 Å². The quantitative estimate of drug-likeness (QED) is 0.580. The van der Waals surface area contributed by atoms with Crippen LogP contribution in [-0.2, 0) is 4.79 Å². The molecule has 2 nitrogen and oxygen atoms in total. The third-order valence-corrected chi connectivity index (χ3v) is 0.287. The van der Waals surface area contributed by atoms with E-state index in [-0.39, 0.29) is 37.1 Å². The molecule has 0 aromatic carbocycles. The molecule has 0 aromatic heterocycles. The molecule has 0 aliphatic heterocycles. The number of Topliss-reactive ketones (excluding diaryl/α,β-unsaturated/α-hetero) is 1. The van der Waals surface area contributed by atoms with Crippen LogP contribution in [0.15, 0.2) is 0 Å². The molecule has 4 heteroatoms.